The lowest BCUT2D eigenvalue weighted by Gasteiger charge is -2.43. The van der Waals surface area contributed by atoms with Crippen LogP contribution < -0.4 is 16.0 Å². The van der Waals surface area contributed by atoms with Crippen molar-refractivity contribution in [2.45, 2.75) is 26.3 Å². The van der Waals surface area contributed by atoms with Crippen LogP contribution in [0.2, 0.25) is 0 Å². The van der Waals surface area contributed by atoms with E-state index >= 15 is 0 Å². The lowest BCUT2D eigenvalue weighted by atomic mass is 9.96. The molecule has 1 aliphatic heterocycles. The Balaban J connectivity index is 2.47. The molecule has 0 spiro atoms. The highest BCUT2D eigenvalue weighted by atomic mass is 16.5. The first-order chi connectivity index (χ1) is 9.87. The summed E-state index contributed by atoms with van der Waals surface area (Å²) >= 11 is 0. The number of hydrogen-bond acceptors (Lipinski definition) is 5. The van der Waals surface area contributed by atoms with E-state index in [1.54, 1.807) is 25.1 Å². The summed E-state index contributed by atoms with van der Waals surface area (Å²) in [4.78, 5) is 26.1. The molecule has 0 aromatic heterocycles. The van der Waals surface area contributed by atoms with Crippen molar-refractivity contribution in [1.29, 1.82) is 0 Å². The Labute approximate surface area is 124 Å². The van der Waals surface area contributed by atoms with Crippen molar-refractivity contribution >= 4 is 23.3 Å². The van der Waals surface area contributed by atoms with Gasteiger partial charge in [-0.15, -0.1) is 0 Å². The number of ether oxygens (including phenoxy) is 1. The molecule has 0 aliphatic carbocycles. The number of hydrogen-bond donors (Lipinski definition) is 2. The lowest BCUT2D eigenvalue weighted by Crippen LogP contribution is -2.62. The van der Waals surface area contributed by atoms with E-state index in [0.29, 0.717) is 30.0 Å². The highest BCUT2D eigenvalue weighted by molar-refractivity contribution is 5.99. The van der Waals surface area contributed by atoms with Gasteiger partial charge >= 0.3 is 5.97 Å². The van der Waals surface area contributed by atoms with Gasteiger partial charge in [-0.2, -0.15) is 0 Å². The molecular formula is C15H21N3O3. The van der Waals surface area contributed by atoms with E-state index in [1.807, 2.05) is 18.7 Å². The van der Waals surface area contributed by atoms with Gasteiger partial charge in [0.15, 0.2) is 0 Å². The molecule has 1 amide bonds. The highest BCUT2D eigenvalue weighted by Crippen LogP contribution is 2.31. The number of amides is 1. The second kappa shape index (κ2) is 5.63. The molecule has 114 valence electrons. The summed E-state index contributed by atoms with van der Waals surface area (Å²) in [5.41, 5.74) is 6.58. The van der Waals surface area contributed by atoms with Crippen LogP contribution in [0.4, 0.5) is 11.4 Å². The highest BCUT2D eigenvalue weighted by Gasteiger charge is 2.39. The number of anilines is 2. The van der Waals surface area contributed by atoms with E-state index in [2.05, 4.69) is 5.32 Å². The van der Waals surface area contributed by atoms with Crippen LogP contribution in [-0.2, 0) is 9.53 Å². The molecule has 3 N–H and O–H groups in total. The molecule has 1 saturated heterocycles. The van der Waals surface area contributed by atoms with E-state index in [4.69, 9.17) is 10.5 Å². The summed E-state index contributed by atoms with van der Waals surface area (Å²) in [5, 5.41) is 2.84. The third kappa shape index (κ3) is 2.79. The second-order valence-corrected chi connectivity index (χ2v) is 5.46. The fraction of sp³-hybridized carbons (Fsp3) is 0.467. The Hall–Kier alpha value is -2.24. The fourth-order valence-electron chi connectivity index (χ4n) is 2.48. The summed E-state index contributed by atoms with van der Waals surface area (Å²) < 4.78 is 5.09. The lowest BCUT2D eigenvalue weighted by molar-refractivity contribution is -0.126. The van der Waals surface area contributed by atoms with Gasteiger partial charge in [0.05, 0.1) is 17.9 Å². The normalized spacial score (nSPS) is 17.3. The van der Waals surface area contributed by atoms with Gasteiger partial charge in [0, 0.05) is 18.8 Å². The van der Waals surface area contributed by atoms with E-state index in [1.165, 1.54) is 0 Å². The Morgan fingerprint density at radius 3 is 2.86 bits per heavy atom. The number of carbonyl (C=O) groups excluding carboxylic acids is 2. The van der Waals surface area contributed by atoms with E-state index < -0.39 is 11.5 Å². The molecule has 1 heterocycles. The van der Waals surface area contributed by atoms with E-state index in [0.717, 1.165) is 0 Å². The van der Waals surface area contributed by atoms with Crippen LogP contribution in [0.5, 0.6) is 0 Å². The molecule has 21 heavy (non-hydrogen) atoms. The minimum absolute atomic E-state index is 0.0691. The summed E-state index contributed by atoms with van der Waals surface area (Å²) in [7, 11) is 0. The minimum Gasteiger partial charge on any atom is -0.462 e. The van der Waals surface area contributed by atoms with Crippen LogP contribution in [-0.4, -0.2) is 37.1 Å². The van der Waals surface area contributed by atoms with Crippen molar-refractivity contribution < 1.29 is 14.3 Å². The molecule has 1 aromatic carbocycles. The number of benzene rings is 1. The zero-order valence-electron chi connectivity index (χ0n) is 12.6. The third-order valence-corrected chi connectivity index (χ3v) is 3.66. The van der Waals surface area contributed by atoms with Crippen LogP contribution in [0.15, 0.2) is 18.2 Å². The standard InChI is InChI=1S/C15H21N3O3/c1-4-21-13(19)11-9-10(16)5-6-12(11)18-8-7-17-14(20)15(18,2)3/h5-6,9H,4,7-8,16H2,1-3H3,(H,17,20). The Kier molecular flexibility index (Phi) is 4.06. The van der Waals surface area contributed by atoms with E-state index in [-0.39, 0.29) is 12.5 Å². The molecule has 0 bridgehead atoms. The second-order valence-electron chi connectivity index (χ2n) is 5.46. The molecule has 0 unspecified atom stereocenters. The van der Waals surface area contributed by atoms with Gasteiger partial charge in [0.25, 0.3) is 0 Å². The number of nitrogens with zero attached hydrogens (tertiary/aromatic N) is 1. The summed E-state index contributed by atoms with van der Waals surface area (Å²) in [5.74, 6) is -0.498. The number of nitrogens with one attached hydrogen (secondary N) is 1. The SMILES string of the molecule is CCOC(=O)c1cc(N)ccc1N1CCNC(=O)C1(C)C. The first-order valence-corrected chi connectivity index (χ1v) is 7.00. The fourth-order valence-corrected chi connectivity index (χ4v) is 2.48. The predicted molar refractivity (Wildman–Crippen MR) is 81.2 cm³/mol. The summed E-state index contributed by atoms with van der Waals surface area (Å²) in [6.45, 7) is 6.85. The van der Waals surface area contributed by atoms with Gasteiger partial charge in [0.2, 0.25) is 5.91 Å². The van der Waals surface area contributed by atoms with E-state index in [9.17, 15) is 9.59 Å². The van der Waals surface area contributed by atoms with Crippen molar-refractivity contribution in [3.05, 3.63) is 23.8 Å². The smallest absolute Gasteiger partial charge is 0.340 e. The molecule has 6 heteroatoms. The average Bonchev–Trinajstić information content (AvgIpc) is 2.42. The molecule has 0 atom stereocenters. The van der Waals surface area contributed by atoms with Crippen LogP contribution >= 0.6 is 0 Å². The molecule has 1 aromatic rings. The maximum absolute atomic E-state index is 12.1. The molecule has 1 aliphatic rings. The van der Waals surface area contributed by atoms with Gasteiger partial charge in [-0.05, 0) is 39.0 Å². The minimum atomic E-state index is -0.740. The van der Waals surface area contributed by atoms with Crippen molar-refractivity contribution in [2.75, 3.05) is 30.3 Å². The number of nitrogens with two attached hydrogens (primary N) is 1. The molecule has 6 nitrogen and oxygen atoms in total. The van der Waals surface area contributed by atoms with Crippen molar-refractivity contribution in [1.82, 2.24) is 5.32 Å². The Morgan fingerprint density at radius 2 is 2.19 bits per heavy atom. The van der Waals surface area contributed by atoms with Crippen molar-refractivity contribution in [2.24, 2.45) is 0 Å². The van der Waals surface area contributed by atoms with Gasteiger partial charge in [0.1, 0.15) is 5.54 Å². The zero-order chi connectivity index (χ0) is 15.6. The summed E-state index contributed by atoms with van der Waals surface area (Å²) in [6.07, 6.45) is 0. The zero-order valence-corrected chi connectivity index (χ0v) is 12.6. The Bertz CT molecular complexity index is 569. The molecule has 2 rings (SSSR count). The number of piperazine rings is 1. The van der Waals surface area contributed by atoms with Crippen molar-refractivity contribution in [3.8, 4) is 0 Å². The van der Waals surface area contributed by atoms with Crippen LogP contribution in [0, 0.1) is 0 Å². The number of esters is 1. The molecule has 0 radical (unpaired) electrons. The largest absolute Gasteiger partial charge is 0.462 e. The molecular weight excluding hydrogens is 270 g/mol. The predicted octanol–water partition coefficient (Wildman–Crippen LogP) is 1.16. The van der Waals surface area contributed by atoms with Gasteiger partial charge in [-0.1, -0.05) is 0 Å². The first-order valence-electron chi connectivity index (χ1n) is 7.00. The van der Waals surface area contributed by atoms with Crippen molar-refractivity contribution in [3.63, 3.8) is 0 Å². The molecule has 1 fully saturated rings. The quantitative estimate of drug-likeness (QED) is 0.645. The number of nitrogen functional groups attached to an aromatic ring is 1. The van der Waals surface area contributed by atoms with Crippen LogP contribution in [0.1, 0.15) is 31.1 Å². The topological polar surface area (TPSA) is 84.7 Å². The first kappa shape index (κ1) is 15.2. The summed E-state index contributed by atoms with van der Waals surface area (Å²) in [6, 6.07) is 5.08. The van der Waals surface area contributed by atoms with Crippen LogP contribution in [0.25, 0.3) is 0 Å². The third-order valence-electron chi connectivity index (χ3n) is 3.66. The average molecular weight is 291 g/mol. The maximum Gasteiger partial charge on any atom is 0.340 e. The number of rotatable bonds is 3. The monoisotopic (exact) mass is 291 g/mol. The van der Waals surface area contributed by atoms with Gasteiger partial charge < -0.3 is 20.7 Å². The maximum atomic E-state index is 12.1. The number of carbonyl (C=O) groups is 2. The van der Waals surface area contributed by atoms with Gasteiger partial charge in [-0.25, -0.2) is 4.79 Å². The molecule has 0 saturated carbocycles. The Morgan fingerprint density at radius 1 is 1.48 bits per heavy atom. The van der Waals surface area contributed by atoms with Gasteiger partial charge in [-0.3, -0.25) is 4.79 Å². The van der Waals surface area contributed by atoms with Crippen LogP contribution in [0.3, 0.4) is 0 Å².